The lowest BCUT2D eigenvalue weighted by Crippen LogP contribution is -2.34. The molecule has 0 radical (unpaired) electrons. The van der Waals surface area contributed by atoms with Gasteiger partial charge in [0.25, 0.3) is 5.91 Å². The van der Waals surface area contributed by atoms with Crippen LogP contribution in [-0.4, -0.2) is 43.9 Å². The Kier molecular flexibility index (Phi) is 7.59. The van der Waals surface area contributed by atoms with Crippen molar-refractivity contribution in [2.75, 3.05) is 20.8 Å². The number of rotatable bonds is 8. The normalized spacial score (nSPS) is 10.8. The summed E-state index contributed by atoms with van der Waals surface area (Å²) in [4.78, 5) is 23.6. The second kappa shape index (κ2) is 10.4. The molecule has 0 spiro atoms. The van der Waals surface area contributed by atoms with E-state index in [-0.39, 0.29) is 12.3 Å². The quantitative estimate of drug-likeness (QED) is 0.365. The minimum absolute atomic E-state index is 0.0854. The number of para-hydroxylation sites is 2. The molecule has 2 amide bonds. The molecule has 8 heteroatoms. The zero-order valence-corrected chi connectivity index (χ0v) is 15.5. The lowest BCUT2D eigenvalue weighted by molar-refractivity contribution is -0.123. The van der Waals surface area contributed by atoms with E-state index >= 15 is 0 Å². The number of ether oxygens (including phenoxy) is 2. The molecule has 0 saturated heterocycles. The molecule has 146 valence electrons. The number of phenols is 1. The molecular weight excluding hydrogens is 362 g/mol. The van der Waals surface area contributed by atoms with Gasteiger partial charge in [-0.05, 0) is 24.3 Å². The Hall–Kier alpha value is -3.81. The molecule has 0 aliphatic carbocycles. The second-order valence-electron chi connectivity index (χ2n) is 5.48. The van der Waals surface area contributed by atoms with Gasteiger partial charge in [-0.1, -0.05) is 24.3 Å². The van der Waals surface area contributed by atoms with Crippen LogP contribution in [-0.2, 0) is 9.59 Å². The molecule has 28 heavy (non-hydrogen) atoms. The van der Waals surface area contributed by atoms with Crippen LogP contribution < -0.4 is 20.2 Å². The van der Waals surface area contributed by atoms with Crippen molar-refractivity contribution >= 4 is 24.1 Å². The van der Waals surface area contributed by atoms with Gasteiger partial charge < -0.3 is 19.9 Å². The fraction of sp³-hybridized carbons (Fsp3) is 0.150. The second-order valence-corrected chi connectivity index (χ2v) is 5.48. The molecule has 8 nitrogen and oxygen atoms in total. The number of methoxy groups -OCH3 is 2. The highest BCUT2D eigenvalue weighted by molar-refractivity contribution is 5.94. The number of hydrogen-bond donors (Lipinski definition) is 3. The molecule has 2 aromatic rings. The highest BCUT2D eigenvalue weighted by atomic mass is 16.5. The van der Waals surface area contributed by atoms with E-state index in [1.54, 1.807) is 43.5 Å². The summed E-state index contributed by atoms with van der Waals surface area (Å²) in [5.74, 6) is -0.102. The van der Waals surface area contributed by atoms with E-state index in [1.807, 2.05) is 12.1 Å². The molecule has 0 heterocycles. The molecule has 0 saturated carbocycles. The number of benzene rings is 2. The number of phenolic OH excluding ortho intramolecular Hbond substituents is 1. The number of carbonyl (C=O) groups excluding carboxylic acids is 2. The molecule has 2 aromatic carbocycles. The van der Waals surface area contributed by atoms with Gasteiger partial charge in [0, 0.05) is 17.2 Å². The average Bonchev–Trinajstić information content (AvgIpc) is 2.72. The molecule has 3 N–H and O–H groups in total. The SMILES string of the molecule is COc1ccccc1/C=C/C(=O)NCC(=O)N/N=C\c1cccc(OC)c1O. The fourth-order valence-electron chi connectivity index (χ4n) is 2.22. The summed E-state index contributed by atoms with van der Waals surface area (Å²) in [5.41, 5.74) is 3.38. The minimum atomic E-state index is -0.516. The minimum Gasteiger partial charge on any atom is -0.504 e. The van der Waals surface area contributed by atoms with Crippen molar-refractivity contribution in [3.63, 3.8) is 0 Å². The van der Waals surface area contributed by atoms with Crippen molar-refractivity contribution in [2.24, 2.45) is 5.10 Å². The Morgan fingerprint density at radius 3 is 2.46 bits per heavy atom. The Bertz CT molecular complexity index is 893. The molecule has 0 atom stereocenters. The number of amides is 2. The maximum atomic E-state index is 11.8. The van der Waals surface area contributed by atoms with Gasteiger partial charge in [-0.25, -0.2) is 5.43 Å². The smallest absolute Gasteiger partial charge is 0.259 e. The average molecular weight is 383 g/mol. The van der Waals surface area contributed by atoms with Crippen molar-refractivity contribution in [2.45, 2.75) is 0 Å². The van der Waals surface area contributed by atoms with Crippen LogP contribution in [0, 0.1) is 0 Å². The summed E-state index contributed by atoms with van der Waals surface area (Å²) >= 11 is 0. The summed E-state index contributed by atoms with van der Waals surface area (Å²) in [6.45, 7) is -0.253. The van der Waals surface area contributed by atoms with Gasteiger partial charge in [-0.15, -0.1) is 0 Å². The zero-order valence-electron chi connectivity index (χ0n) is 15.5. The van der Waals surface area contributed by atoms with Crippen molar-refractivity contribution in [3.8, 4) is 17.2 Å². The van der Waals surface area contributed by atoms with Crippen molar-refractivity contribution in [3.05, 3.63) is 59.7 Å². The largest absolute Gasteiger partial charge is 0.504 e. The Balaban J connectivity index is 1.82. The maximum absolute atomic E-state index is 11.8. The van der Waals surface area contributed by atoms with E-state index in [9.17, 15) is 14.7 Å². The predicted molar refractivity (Wildman–Crippen MR) is 105 cm³/mol. The fourth-order valence-corrected chi connectivity index (χ4v) is 2.22. The number of aromatic hydroxyl groups is 1. The first-order valence-electron chi connectivity index (χ1n) is 8.32. The van der Waals surface area contributed by atoms with Gasteiger partial charge in [0.15, 0.2) is 11.5 Å². The lowest BCUT2D eigenvalue weighted by atomic mass is 10.2. The van der Waals surface area contributed by atoms with Crippen LogP contribution in [0.5, 0.6) is 17.2 Å². The van der Waals surface area contributed by atoms with Gasteiger partial charge in [-0.2, -0.15) is 5.10 Å². The number of carbonyl (C=O) groups is 2. The van der Waals surface area contributed by atoms with Crippen molar-refractivity contribution in [1.29, 1.82) is 0 Å². The van der Waals surface area contributed by atoms with Crippen LogP contribution in [0.3, 0.4) is 0 Å². The van der Waals surface area contributed by atoms with Gasteiger partial charge in [0.05, 0.1) is 27.0 Å². The number of hydrogen-bond acceptors (Lipinski definition) is 6. The molecule has 0 unspecified atom stereocenters. The van der Waals surface area contributed by atoms with Gasteiger partial charge in [-0.3, -0.25) is 9.59 Å². The number of nitrogens with one attached hydrogen (secondary N) is 2. The molecule has 0 aliphatic rings. The zero-order chi connectivity index (χ0) is 20.4. The Morgan fingerprint density at radius 2 is 1.71 bits per heavy atom. The third kappa shape index (κ3) is 5.87. The molecule has 0 aliphatic heterocycles. The molecule has 0 fully saturated rings. The summed E-state index contributed by atoms with van der Waals surface area (Å²) in [5, 5.41) is 16.1. The highest BCUT2D eigenvalue weighted by Crippen LogP contribution is 2.27. The van der Waals surface area contributed by atoms with Crippen molar-refractivity contribution < 1.29 is 24.2 Å². The van der Waals surface area contributed by atoms with Crippen LogP contribution in [0.1, 0.15) is 11.1 Å². The van der Waals surface area contributed by atoms with Crippen molar-refractivity contribution in [1.82, 2.24) is 10.7 Å². The van der Waals surface area contributed by atoms with Crippen LogP contribution in [0.25, 0.3) is 6.08 Å². The summed E-state index contributed by atoms with van der Waals surface area (Å²) < 4.78 is 10.2. The van der Waals surface area contributed by atoms with Gasteiger partial charge >= 0.3 is 0 Å². The first-order chi connectivity index (χ1) is 13.5. The van der Waals surface area contributed by atoms with E-state index in [1.165, 1.54) is 19.4 Å². The molecular formula is C20H21N3O5. The standard InChI is InChI=1S/C20H21N3O5/c1-27-16-8-4-3-6-14(16)10-11-18(24)21-13-19(25)23-22-12-15-7-5-9-17(28-2)20(15)26/h3-12,26H,13H2,1-2H3,(H,21,24)(H,23,25)/b11-10+,22-12-. The van der Waals surface area contributed by atoms with E-state index in [0.717, 1.165) is 5.56 Å². The van der Waals surface area contributed by atoms with Crippen LogP contribution in [0.2, 0.25) is 0 Å². The Morgan fingerprint density at radius 1 is 1.04 bits per heavy atom. The summed E-state index contributed by atoms with van der Waals surface area (Å²) in [7, 11) is 2.98. The number of nitrogens with zero attached hydrogens (tertiary/aromatic N) is 1. The summed E-state index contributed by atoms with van der Waals surface area (Å²) in [6.07, 6.45) is 4.18. The van der Waals surface area contributed by atoms with E-state index in [0.29, 0.717) is 17.1 Å². The van der Waals surface area contributed by atoms with Gasteiger partial charge in [0.2, 0.25) is 5.91 Å². The van der Waals surface area contributed by atoms with Crippen LogP contribution >= 0.6 is 0 Å². The van der Waals surface area contributed by atoms with Crippen LogP contribution in [0.15, 0.2) is 53.6 Å². The topological polar surface area (TPSA) is 109 Å². The van der Waals surface area contributed by atoms with E-state index < -0.39 is 11.8 Å². The first kappa shape index (κ1) is 20.5. The first-order valence-corrected chi connectivity index (χ1v) is 8.32. The molecule has 0 aromatic heterocycles. The maximum Gasteiger partial charge on any atom is 0.259 e. The molecule has 2 rings (SSSR count). The molecule has 0 bridgehead atoms. The third-order valence-electron chi connectivity index (χ3n) is 3.62. The number of hydrazone groups is 1. The Labute approximate surface area is 162 Å². The van der Waals surface area contributed by atoms with E-state index in [2.05, 4.69) is 15.8 Å². The van der Waals surface area contributed by atoms with Crippen LogP contribution in [0.4, 0.5) is 0 Å². The highest BCUT2D eigenvalue weighted by Gasteiger charge is 2.06. The lowest BCUT2D eigenvalue weighted by Gasteiger charge is -2.05. The van der Waals surface area contributed by atoms with Gasteiger partial charge in [0.1, 0.15) is 5.75 Å². The summed E-state index contributed by atoms with van der Waals surface area (Å²) in [6, 6.07) is 12.1. The predicted octanol–water partition coefficient (Wildman–Crippen LogP) is 1.69. The monoisotopic (exact) mass is 383 g/mol. The van der Waals surface area contributed by atoms with E-state index in [4.69, 9.17) is 9.47 Å². The third-order valence-corrected chi connectivity index (χ3v) is 3.62.